The first-order valence-electron chi connectivity index (χ1n) is 6.03. The third kappa shape index (κ3) is 3.12. The smallest absolute Gasteiger partial charge is 0.241 e. The number of aromatic nitrogens is 2. The van der Waals surface area contributed by atoms with E-state index in [1.54, 1.807) is 38.1 Å². The number of nitrogens with one attached hydrogen (secondary N) is 1. The maximum atomic E-state index is 12.3. The fourth-order valence-electron chi connectivity index (χ4n) is 1.81. The third-order valence-corrected chi connectivity index (χ3v) is 4.43. The summed E-state index contributed by atoms with van der Waals surface area (Å²) in [5, 5.41) is 7.53. The first-order valence-corrected chi connectivity index (χ1v) is 7.51. The molecule has 0 fully saturated rings. The van der Waals surface area contributed by atoms with Crippen LogP contribution in [0.3, 0.4) is 0 Å². The van der Waals surface area contributed by atoms with Gasteiger partial charge in [0.15, 0.2) is 0 Å². The highest BCUT2D eigenvalue weighted by Crippen LogP contribution is 2.22. The van der Waals surface area contributed by atoms with Crippen molar-refractivity contribution in [2.24, 2.45) is 0 Å². The van der Waals surface area contributed by atoms with E-state index >= 15 is 0 Å². The third-order valence-electron chi connectivity index (χ3n) is 2.90. The van der Waals surface area contributed by atoms with Gasteiger partial charge < -0.3 is 5.73 Å². The maximum absolute atomic E-state index is 12.3. The van der Waals surface area contributed by atoms with Crippen molar-refractivity contribution in [2.75, 3.05) is 5.73 Å². The molecule has 1 aromatic carbocycles. The Balaban J connectivity index is 2.27. The van der Waals surface area contributed by atoms with Crippen molar-refractivity contribution in [1.82, 2.24) is 14.9 Å². The minimum atomic E-state index is -3.63. The number of hydrogen-bond donors (Lipinski definition) is 2. The standard InChI is InChI=1S/C13H16N4O2S/c1-9-6-12(14)10(2)13(7-9)20(18,19)16-8-11-4-3-5-15-17-11/h3-7,16H,8,14H2,1-2H3. The van der Waals surface area contributed by atoms with Crippen LogP contribution >= 0.6 is 0 Å². The summed E-state index contributed by atoms with van der Waals surface area (Å²) in [7, 11) is -3.63. The Labute approximate surface area is 118 Å². The SMILES string of the molecule is Cc1cc(N)c(C)c(S(=O)(=O)NCc2cccnn2)c1. The summed E-state index contributed by atoms with van der Waals surface area (Å²) in [6.07, 6.45) is 1.53. The second-order valence-electron chi connectivity index (χ2n) is 4.52. The molecule has 20 heavy (non-hydrogen) atoms. The number of aryl methyl sites for hydroxylation is 1. The van der Waals surface area contributed by atoms with Crippen molar-refractivity contribution in [3.05, 3.63) is 47.3 Å². The van der Waals surface area contributed by atoms with Gasteiger partial charge >= 0.3 is 0 Å². The molecule has 2 aromatic rings. The van der Waals surface area contributed by atoms with Crippen LogP contribution in [-0.2, 0) is 16.6 Å². The molecular weight excluding hydrogens is 276 g/mol. The zero-order valence-electron chi connectivity index (χ0n) is 11.3. The molecule has 0 aliphatic heterocycles. The minimum Gasteiger partial charge on any atom is -0.398 e. The summed E-state index contributed by atoms with van der Waals surface area (Å²) in [6.45, 7) is 3.58. The Bertz CT molecular complexity index is 715. The number of anilines is 1. The predicted octanol–water partition coefficient (Wildman–Crippen LogP) is 1.15. The van der Waals surface area contributed by atoms with Gasteiger partial charge in [0.1, 0.15) is 0 Å². The second kappa shape index (κ2) is 5.56. The zero-order chi connectivity index (χ0) is 14.8. The first-order chi connectivity index (χ1) is 9.40. The van der Waals surface area contributed by atoms with E-state index < -0.39 is 10.0 Å². The molecule has 2 rings (SSSR count). The number of rotatable bonds is 4. The van der Waals surface area contributed by atoms with Gasteiger partial charge in [-0.05, 0) is 49.2 Å². The second-order valence-corrected chi connectivity index (χ2v) is 6.25. The Kier molecular flexibility index (Phi) is 4.01. The highest BCUT2D eigenvalue weighted by molar-refractivity contribution is 7.89. The lowest BCUT2D eigenvalue weighted by Gasteiger charge is -2.11. The van der Waals surface area contributed by atoms with Gasteiger partial charge in [-0.15, -0.1) is 0 Å². The van der Waals surface area contributed by atoms with Crippen LogP contribution < -0.4 is 10.5 Å². The minimum absolute atomic E-state index is 0.0868. The molecule has 0 spiro atoms. The van der Waals surface area contributed by atoms with Crippen molar-refractivity contribution in [3.63, 3.8) is 0 Å². The summed E-state index contributed by atoms with van der Waals surface area (Å²) in [5.41, 5.74) is 8.17. The quantitative estimate of drug-likeness (QED) is 0.824. The van der Waals surface area contributed by atoms with E-state index in [0.717, 1.165) is 5.56 Å². The van der Waals surface area contributed by atoms with Gasteiger partial charge in [0.2, 0.25) is 10.0 Å². The summed E-state index contributed by atoms with van der Waals surface area (Å²) in [6, 6.07) is 6.75. The molecule has 1 heterocycles. The summed E-state index contributed by atoms with van der Waals surface area (Å²) < 4.78 is 27.1. The fourth-order valence-corrected chi connectivity index (χ4v) is 3.16. The van der Waals surface area contributed by atoms with Gasteiger partial charge in [-0.25, -0.2) is 13.1 Å². The average Bonchev–Trinajstić information content (AvgIpc) is 2.42. The first kappa shape index (κ1) is 14.4. The van der Waals surface area contributed by atoms with E-state index in [9.17, 15) is 8.42 Å². The van der Waals surface area contributed by atoms with E-state index in [-0.39, 0.29) is 11.4 Å². The lowest BCUT2D eigenvalue weighted by molar-refractivity contribution is 0.579. The number of nitrogen functional groups attached to an aromatic ring is 1. The van der Waals surface area contributed by atoms with Gasteiger partial charge in [0.25, 0.3) is 0 Å². The molecule has 0 radical (unpaired) electrons. The van der Waals surface area contributed by atoms with Crippen molar-refractivity contribution in [1.29, 1.82) is 0 Å². The summed E-state index contributed by atoms with van der Waals surface area (Å²) in [4.78, 5) is 0.193. The fraction of sp³-hybridized carbons (Fsp3) is 0.231. The maximum Gasteiger partial charge on any atom is 0.241 e. The molecular formula is C13H16N4O2S. The lowest BCUT2D eigenvalue weighted by Crippen LogP contribution is -2.25. The van der Waals surface area contributed by atoms with Crippen molar-refractivity contribution < 1.29 is 8.42 Å². The molecule has 0 amide bonds. The van der Waals surface area contributed by atoms with Crippen LogP contribution in [0.2, 0.25) is 0 Å². The number of nitrogens with two attached hydrogens (primary N) is 1. The molecule has 3 N–H and O–H groups in total. The Morgan fingerprint density at radius 2 is 2.05 bits per heavy atom. The molecule has 0 saturated carbocycles. The van der Waals surface area contributed by atoms with E-state index in [1.165, 1.54) is 6.20 Å². The zero-order valence-corrected chi connectivity index (χ0v) is 12.1. The normalized spacial score (nSPS) is 11.5. The highest BCUT2D eigenvalue weighted by atomic mass is 32.2. The van der Waals surface area contributed by atoms with Crippen molar-refractivity contribution >= 4 is 15.7 Å². The van der Waals surface area contributed by atoms with Gasteiger partial charge in [-0.3, -0.25) is 0 Å². The van der Waals surface area contributed by atoms with Crippen molar-refractivity contribution in [2.45, 2.75) is 25.3 Å². The van der Waals surface area contributed by atoms with Crippen LogP contribution in [-0.4, -0.2) is 18.6 Å². The van der Waals surface area contributed by atoms with Crippen LogP contribution in [0.4, 0.5) is 5.69 Å². The number of benzene rings is 1. The molecule has 0 aliphatic rings. The van der Waals surface area contributed by atoms with Crippen LogP contribution in [0.5, 0.6) is 0 Å². The molecule has 0 unspecified atom stereocenters. The van der Waals surface area contributed by atoms with Gasteiger partial charge in [-0.2, -0.15) is 10.2 Å². The van der Waals surface area contributed by atoms with E-state index in [0.29, 0.717) is 16.9 Å². The highest BCUT2D eigenvalue weighted by Gasteiger charge is 2.18. The topological polar surface area (TPSA) is 98.0 Å². The summed E-state index contributed by atoms with van der Waals surface area (Å²) >= 11 is 0. The number of nitrogens with zero attached hydrogens (tertiary/aromatic N) is 2. The lowest BCUT2D eigenvalue weighted by atomic mass is 10.1. The van der Waals surface area contributed by atoms with E-state index in [1.807, 2.05) is 0 Å². The molecule has 0 atom stereocenters. The largest absolute Gasteiger partial charge is 0.398 e. The van der Waals surface area contributed by atoms with Crippen LogP contribution in [0.1, 0.15) is 16.8 Å². The Hall–Kier alpha value is -1.99. The molecule has 7 heteroatoms. The molecule has 106 valence electrons. The molecule has 0 saturated heterocycles. The molecule has 1 aromatic heterocycles. The Morgan fingerprint density at radius 3 is 2.70 bits per heavy atom. The number of sulfonamides is 1. The molecule has 0 bridgehead atoms. The van der Waals surface area contributed by atoms with Gasteiger partial charge in [-0.1, -0.05) is 0 Å². The van der Waals surface area contributed by atoms with Crippen LogP contribution in [0, 0.1) is 13.8 Å². The van der Waals surface area contributed by atoms with E-state index in [2.05, 4.69) is 14.9 Å². The van der Waals surface area contributed by atoms with Crippen molar-refractivity contribution in [3.8, 4) is 0 Å². The van der Waals surface area contributed by atoms with Gasteiger partial charge in [0.05, 0.1) is 17.1 Å². The van der Waals surface area contributed by atoms with Crippen LogP contribution in [0.15, 0.2) is 35.4 Å². The Morgan fingerprint density at radius 1 is 1.30 bits per heavy atom. The average molecular weight is 292 g/mol. The monoisotopic (exact) mass is 292 g/mol. The van der Waals surface area contributed by atoms with E-state index in [4.69, 9.17) is 5.73 Å². The predicted molar refractivity (Wildman–Crippen MR) is 76.4 cm³/mol. The summed E-state index contributed by atoms with van der Waals surface area (Å²) in [5.74, 6) is 0. The molecule has 6 nitrogen and oxygen atoms in total. The van der Waals surface area contributed by atoms with Gasteiger partial charge in [0, 0.05) is 11.9 Å². The number of hydrogen-bond acceptors (Lipinski definition) is 5. The molecule has 0 aliphatic carbocycles. The van der Waals surface area contributed by atoms with Crippen LogP contribution in [0.25, 0.3) is 0 Å².